The standard InChI is InChI=1S/C19H24F2N2O3/c1-11-15(20)6-13(7-16(11)21)12-2-4-23(5-3-12)17(24)14-8-19(9-14)10-26-18(25)22-19/h6-7,12,14,18,22,25H,2-5,8-10H2,1H3. The summed E-state index contributed by atoms with van der Waals surface area (Å²) >= 11 is 0. The molecule has 2 saturated heterocycles. The number of nitrogens with one attached hydrogen (secondary N) is 1. The molecule has 3 aliphatic rings. The molecule has 7 heteroatoms. The van der Waals surface area contributed by atoms with Crippen LogP contribution in [0.3, 0.4) is 0 Å². The largest absolute Gasteiger partial charge is 0.356 e. The van der Waals surface area contributed by atoms with Crippen LogP contribution in [0.1, 0.15) is 42.7 Å². The second kappa shape index (κ2) is 6.55. The minimum atomic E-state index is -0.933. The number of carbonyl (C=O) groups is 1. The van der Waals surface area contributed by atoms with Crippen molar-refractivity contribution in [2.75, 3.05) is 19.7 Å². The van der Waals surface area contributed by atoms with Gasteiger partial charge in [0.2, 0.25) is 12.3 Å². The Morgan fingerprint density at radius 1 is 1.27 bits per heavy atom. The molecule has 1 aromatic carbocycles. The van der Waals surface area contributed by atoms with Gasteiger partial charge in [-0.3, -0.25) is 10.1 Å². The van der Waals surface area contributed by atoms with Crippen LogP contribution in [0.15, 0.2) is 12.1 Å². The van der Waals surface area contributed by atoms with E-state index in [1.165, 1.54) is 19.1 Å². The summed E-state index contributed by atoms with van der Waals surface area (Å²) < 4.78 is 32.7. The van der Waals surface area contributed by atoms with Gasteiger partial charge in [-0.2, -0.15) is 0 Å². The Kier molecular flexibility index (Phi) is 4.49. The number of piperidine rings is 1. The minimum absolute atomic E-state index is 0.0396. The highest BCUT2D eigenvalue weighted by Gasteiger charge is 2.52. The Balaban J connectivity index is 1.32. The number of nitrogens with zero attached hydrogens (tertiary/aromatic N) is 1. The fourth-order valence-electron chi connectivity index (χ4n) is 4.47. The van der Waals surface area contributed by atoms with Crippen LogP contribution in [0, 0.1) is 24.5 Å². The van der Waals surface area contributed by atoms with Crippen molar-refractivity contribution < 1.29 is 23.4 Å². The molecular weight excluding hydrogens is 342 g/mol. The maximum atomic E-state index is 13.8. The third-order valence-corrected chi connectivity index (χ3v) is 6.15. The fourth-order valence-corrected chi connectivity index (χ4v) is 4.47. The second-order valence-corrected chi connectivity index (χ2v) is 7.90. The molecule has 1 spiro atoms. The first-order chi connectivity index (χ1) is 12.4. The van der Waals surface area contributed by atoms with Crippen LogP contribution in [-0.4, -0.2) is 47.6 Å². The zero-order valence-corrected chi connectivity index (χ0v) is 14.8. The van der Waals surface area contributed by atoms with Gasteiger partial charge in [0.25, 0.3) is 0 Å². The highest BCUT2D eigenvalue weighted by Crippen LogP contribution is 2.42. The molecule has 2 heterocycles. The number of benzene rings is 1. The van der Waals surface area contributed by atoms with Crippen LogP contribution in [0.5, 0.6) is 0 Å². The zero-order valence-electron chi connectivity index (χ0n) is 14.8. The summed E-state index contributed by atoms with van der Waals surface area (Å²) in [6.07, 6.45) is 1.85. The number of amides is 1. The van der Waals surface area contributed by atoms with Crippen molar-refractivity contribution in [2.45, 2.75) is 50.5 Å². The van der Waals surface area contributed by atoms with Crippen molar-refractivity contribution in [3.05, 3.63) is 34.9 Å². The van der Waals surface area contributed by atoms with Crippen molar-refractivity contribution in [3.8, 4) is 0 Å². The van der Waals surface area contributed by atoms with Gasteiger partial charge in [0.1, 0.15) is 11.6 Å². The molecule has 1 amide bonds. The number of likely N-dealkylation sites (tertiary alicyclic amines) is 1. The second-order valence-electron chi connectivity index (χ2n) is 7.90. The Labute approximate surface area is 151 Å². The van der Waals surface area contributed by atoms with E-state index in [-0.39, 0.29) is 28.8 Å². The molecule has 1 aromatic rings. The average Bonchev–Trinajstić information content (AvgIpc) is 3.00. The molecule has 142 valence electrons. The van der Waals surface area contributed by atoms with E-state index in [0.29, 0.717) is 50.9 Å². The Hall–Kier alpha value is -1.57. The maximum Gasteiger partial charge on any atom is 0.225 e. The molecule has 0 radical (unpaired) electrons. The van der Waals surface area contributed by atoms with Crippen LogP contribution < -0.4 is 5.32 Å². The summed E-state index contributed by atoms with van der Waals surface area (Å²) in [7, 11) is 0. The summed E-state index contributed by atoms with van der Waals surface area (Å²) in [5.74, 6) is -0.837. The molecule has 5 nitrogen and oxygen atoms in total. The lowest BCUT2D eigenvalue weighted by Gasteiger charge is -2.45. The van der Waals surface area contributed by atoms with Crippen LogP contribution >= 0.6 is 0 Å². The molecule has 1 atom stereocenters. The van der Waals surface area contributed by atoms with Gasteiger partial charge in [-0.15, -0.1) is 0 Å². The van der Waals surface area contributed by atoms with Gasteiger partial charge in [-0.25, -0.2) is 8.78 Å². The average molecular weight is 366 g/mol. The first-order valence-corrected chi connectivity index (χ1v) is 9.19. The van der Waals surface area contributed by atoms with E-state index < -0.39 is 18.0 Å². The summed E-state index contributed by atoms with van der Waals surface area (Å²) in [6, 6.07) is 2.85. The normalized spacial score (nSPS) is 32.1. The third kappa shape index (κ3) is 3.12. The molecule has 0 bridgehead atoms. The number of hydrogen-bond acceptors (Lipinski definition) is 4. The van der Waals surface area contributed by atoms with Crippen LogP contribution in [0.4, 0.5) is 8.78 Å². The van der Waals surface area contributed by atoms with E-state index in [2.05, 4.69) is 5.32 Å². The lowest BCUT2D eigenvalue weighted by Crippen LogP contribution is -2.59. The molecular formula is C19H24F2N2O3. The number of rotatable bonds is 2. The number of aliphatic hydroxyl groups excluding tert-OH is 1. The first kappa shape index (κ1) is 17.8. The van der Waals surface area contributed by atoms with Crippen molar-refractivity contribution >= 4 is 5.91 Å². The summed E-state index contributed by atoms with van der Waals surface area (Å²) in [5, 5.41) is 12.4. The van der Waals surface area contributed by atoms with Crippen LogP contribution in [0.25, 0.3) is 0 Å². The molecule has 1 aliphatic carbocycles. The summed E-state index contributed by atoms with van der Waals surface area (Å²) in [6.45, 7) is 3.09. The van der Waals surface area contributed by atoms with Crippen LogP contribution in [-0.2, 0) is 9.53 Å². The van der Waals surface area contributed by atoms with Crippen LogP contribution in [0.2, 0.25) is 0 Å². The minimum Gasteiger partial charge on any atom is -0.356 e. The highest BCUT2D eigenvalue weighted by atomic mass is 19.1. The summed E-state index contributed by atoms with van der Waals surface area (Å²) in [4.78, 5) is 14.5. The van der Waals surface area contributed by atoms with Crippen molar-refractivity contribution in [1.29, 1.82) is 0 Å². The predicted molar refractivity (Wildman–Crippen MR) is 90.2 cm³/mol. The van der Waals surface area contributed by atoms with E-state index in [9.17, 15) is 18.7 Å². The Morgan fingerprint density at radius 2 is 1.88 bits per heavy atom. The van der Waals surface area contributed by atoms with E-state index in [0.717, 1.165) is 0 Å². The third-order valence-electron chi connectivity index (χ3n) is 6.15. The topological polar surface area (TPSA) is 61.8 Å². The van der Waals surface area contributed by atoms with E-state index in [1.54, 1.807) is 0 Å². The van der Waals surface area contributed by atoms with Gasteiger partial charge in [-0.05, 0) is 56.2 Å². The van der Waals surface area contributed by atoms with Gasteiger partial charge < -0.3 is 14.7 Å². The van der Waals surface area contributed by atoms with Gasteiger partial charge in [-0.1, -0.05) is 0 Å². The van der Waals surface area contributed by atoms with Crippen molar-refractivity contribution in [3.63, 3.8) is 0 Å². The Morgan fingerprint density at radius 3 is 2.42 bits per heavy atom. The number of aliphatic hydroxyl groups is 1. The van der Waals surface area contributed by atoms with Crippen molar-refractivity contribution in [2.24, 2.45) is 5.92 Å². The molecule has 4 rings (SSSR count). The molecule has 2 aliphatic heterocycles. The number of halogens is 2. The smallest absolute Gasteiger partial charge is 0.225 e. The number of carbonyl (C=O) groups excluding carboxylic acids is 1. The van der Waals surface area contributed by atoms with Gasteiger partial charge in [0.05, 0.1) is 6.61 Å². The maximum absolute atomic E-state index is 13.8. The van der Waals surface area contributed by atoms with E-state index in [1.807, 2.05) is 4.90 Å². The molecule has 2 N–H and O–H groups in total. The Bertz CT molecular complexity index is 690. The van der Waals surface area contributed by atoms with Crippen molar-refractivity contribution in [1.82, 2.24) is 10.2 Å². The van der Waals surface area contributed by atoms with E-state index in [4.69, 9.17) is 4.74 Å². The monoisotopic (exact) mass is 366 g/mol. The predicted octanol–water partition coefficient (Wildman–Crippen LogP) is 2.02. The highest BCUT2D eigenvalue weighted by molar-refractivity contribution is 5.80. The lowest BCUT2D eigenvalue weighted by molar-refractivity contribution is -0.142. The van der Waals surface area contributed by atoms with Gasteiger partial charge in [0, 0.05) is 30.1 Å². The first-order valence-electron chi connectivity index (χ1n) is 9.19. The SMILES string of the molecule is Cc1c(F)cc(C2CCN(C(=O)C3CC4(COC(O)N4)C3)CC2)cc1F. The molecule has 3 fully saturated rings. The molecule has 0 aromatic heterocycles. The number of ether oxygens (including phenoxy) is 1. The fraction of sp³-hybridized carbons (Fsp3) is 0.632. The number of hydrogen-bond donors (Lipinski definition) is 2. The zero-order chi connectivity index (χ0) is 18.5. The summed E-state index contributed by atoms with van der Waals surface area (Å²) in [5.41, 5.74) is 0.478. The molecule has 1 unspecified atom stereocenters. The van der Waals surface area contributed by atoms with Gasteiger partial charge >= 0.3 is 0 Å². The van der Waals surface area contributed by atoms with Gasteiger partial charge in [0.15, 0.2) is 0 Å². The quantitative estimate of drug-likeness (QED) is 0.841. The molecule has 1 saturated carbocycles. The van der Waals surface area contributed by atoms with E-state index >= 15 is 0 Å². The molecule has 26 heavy (non-hydrogen) atoms. The lowest BCUT2D eigenvalue weighted by atomic mass is 9.68.